The van der Waals surface area contributed by atoms with E-state index < -0.39 is 0 Å². The smallest absolute Gasteiger partial charge is 0.237 e. The summed E-state index contributed by atoms with van der Waals surface area (Å²) in [6.45, 7) is 12.8. The summed E-state index contributed by atoms with van der Waals surface area (Å²) < 4.78 is 0. The summed E-state index contributed by atoms with van der Waals surface area (Å²) in [6, 6.07) is 6.29. The fourth-order valence-electron chi connectivity index (χ4n) is 5.08. The Bertz CT molecular complexity index is 1240. The number of aromatic nitrogens is 4. The number of halogens is 1. The lowest BCUT2D eigenvalue weighted by molar-refractivity contribution is -0.126. The van der Waals surface area contributed by atoms with Crippen LogP contribution >= 0.6 is 11.6 Å². The van der Waals surface area contributed by atoms with Crippen molar-refractivity contribution in [2.24, 2.45) is 0 Å². The number of aryl methyl sites for hydroxylation is 3. The van der Waals surface area contributed by atoms with Crippen LogP contribution < -0.4 is 16.0 Å². The van der Waals surface area contributed by atoms with E-state index in [1.54, 1.807) is 6.20 Å². The number of piperidine rings is 1. The zero-order valence-electron chi connectivity index (χ0n) is 22.3. The van der Waals surface area contributed by atoms with Gasteiger partial charge in [0, 0.05) is 24.0 Å². The van der Waals surface area contributed by atoms with E-state index in [2.05, 4.69) is 73.9 Å². The van der Waals surface area contributed by atoms with Gasteiger partial charge in [-0.05, 0) is 88.7 Å². The van der Waals surface area contributed by atoms with Crippen molar-refractivity contribution >= 4 is 40.8 Å². The van der Waals surface area contributed by atoms with Gasteiger partial charge >= 0.3 is 0 Å². The Kier molecular flexibility index (Phi) is 8.66. The number of amides is 1. The van der Waals surface area contributed by atoms with Crippen LogP contribution in [-0.4, -0.2) is 56.6 Å². The van der Waals surface area contributed by atoms with Crippen LogP contribution in [-0.2, 0) is 4.79 Å². The van der Waals surface area contributed by atoms with E-state index in [-0.39, 0.29) is 11.9 Å². The molecule has 0 bridgehead atoms. The highest BCUT2D eigenvalue weighted by molar-refractivity contribution is 6.32. The van der Waals surface area contributed by atoms with E-state index in [9.17, 15) is 4.79 Å². The summed E-state index contributed by atoms with van der Waals surface area (Å²) in [5, 5.41) is 17.0. The molecule has 0 spiro atoms. The first-order valence-electron chi connectivity index (χ1n) is 13.0. The predicted molar refractivity (Wildman–Crippen MR) is 149 cm³/mol. The number of likely N-dealkylation sites (tertiary alicyclic amines) is 1. The Labute approximate surface area is 223 Å². The zero-order valence-corrected chi connectivity index (χ0v) is 23.0. The van der Waals surface area contributed by atoms with Gasteiger partial charge in [-0.3, -0.25) is 14.8 Å². The SMILES string of the molecule is CCNC(=O)C(CC)N1CCC(c2cc(C)c(Nc3ncc(Cl)c(Nc4cc(C)[nH]n4)n3)cc2C)CC1. The minimum Gasteiger partial charge on any atom is -0.355 e. The molecule has 0 saturated carbocycles. The van der Waals surface area contributed by atoms with Crippen molar-refractivity contribution in [3.8, 4) is 0 Å². The number of hydrogen-bond donors (Lipinski definition) is 4. The number of carbonyl (C=O) groups excluding carboxylic acids is 1. The number of nitrogens with zero attached hydrogens (tertiary/aromatic N) is 4. The highest BCUT2D eigenvalue weighted by Gasteiger charge is 2.29. The Morgan fingerprint density at radius 3 is 2.54 bits per heavy atom. The van der Waals surface area contributed by atoms with Crippen LogP contribution in [0.1, 0.15) is 61.4 Å². The van der Waals surface area contributed by atoms with Crippen LogP contribution in [0.25, 0.3) is 0 Å². The quantitative estimate of drug-likeness (QED) is 0.298. The molecule has 198 valence electrons. The average molecular weight is 525 g/mol. The third-order valence-corrected chi connectivity index (χ3v) is 7.28. The maximum Gasteiger partial charge on any atom is 0.237 e. The zero-order chi connectivity index (χ0) is 26.5. The molecule has 1 saturated heterocycles. The predicted octanol–water partition coefficient (Wildman–Crippen LogP) is 5.36. The molecule has 1 amide bonds. The first-order chi connectivity index (χ1) is 17.8. The molecule has 4 N–H and O–H groups in total. The molecule has 1 unspecified atom stereocenters. The van der Waals surface area contributed by atoms with E-state index in [0.29, 0.717) is 35.1 Å². The Hall–Kier alpha value is -3.17. The van der Waals surface area contributed by atoms with Gasteiger partial charge in [-0.1, -0.05) is 24.6 Å². The molecule has 4 rings (SSSR count). The molecule has 1 aliphatic heterocycles. The molecule has 1 fully saturated rings. The number of likely N-dealkylation sites (N-methyl/N-ethyl adjacent to an activating group) is 1. The number of H-pyrrole nitrogens is 1. The summed E-state index contributed by atoms with van der Waals surface area (Å²) >= 11 is 6.31. The van der Waals surface area contributed by atoms with Gasteiger partial charge in [-0.25, -0.2) is 4.98 Å². The van der Waals surface area contributed by atoms with E-state index in [1.807, 2.05) is 19.9 Å². The van der Waals surface area contributed by atoms with Gasteiger partial charge in [0.25, 0.3) is 0 Å². The third-order valence-electron chi connectivity index (χ3n) is 7.01. The van der Waals surface area contributed by atoms with Crippen molar-refractivity contribution in [2.75, 3.05) is 30.3 Å². The van der Waals surface area contributed by atoms with E-state index in [0.717, 1.165) is 49.3 Å². The number of benzene rings is 1. The molecule has 1 atom stereocenters. The van der Waals surface area contributed by atoms with Gasteiger partial charge in [0.05, 0.1) is 12.2 Å². The molecular weight excluding hydrogens is 488 g/mol. The highest BCUT2D eigenvalue weighted by Crippen LogP contribution is 2.35. The van der Waals surface area contributed by atoms with E-state index in [4.69, 9.17) is 11.6 Å². The largest absolute Gasteiger partial charge is 0.355 e. The van der Waals surface area contributed by atoms with Crippen LogP contribution in [0, 0.1) is 20.8 Å². The van der Waals surface area contributed by atoms with Gasteiger partial charge in [0.1, 0.15) is 5.02 Å². The molecule has 0 radical (unpaired) electrons. The lowest BCUT2D eigenvalue weighted by Gasteiger charge is -2.37. The summed E-state index contributed by atoms with van der Waals surface area (Å²) in [7, 11) is 0. The van der Waals surface area contributed by atoms with Crippen molar-refractivity contribution in [1.82, 2.24) is 30.4 Å². The molecule has 2 aromatic heterocycles. The summed E-state index contributed by atoms with van der Waals surface area (Å²) in [5.74, 6) is 2.21. The molecule has 10 heteroatoms. The topological polar surface area (TPSA) is 111 Å². The average Bonchev–Trinajstić information content (AvgIpc) is 3.29. The number of rotatable bonds is 9. The van der Waals surface area contributed by atoms with Crippen molar-refractivity contribution in [2.45, 2.75) is 65.8 Å². The van der Waals surface area contributed by atoms with Gasteiger partial charge in [-0.2, -0.15) is 10.1 Å². The maximum absolute atomic E-state index is 12.5. The van der Waals surface area contributed by atoms with Gasteiger partial charge < -0.3 is 16.0 Å². The minimum absolute atomic E-state index is 0.0360. The second-order valence-electron chi connectivity index (χ2n) is 9.73. The standard InChI is InChI=1S/C27H37ClN8O/c1-6-23(26(37)29-7-2)36-10-8-19(9-11-36)20-12-17(4)22(13-16(20)3)31-27-30-15-21(28)25(33-27)32-24-14-18(5)34-35-24/h12-15,19,23H,6-11H2,1-5H3,(H,29,37)(H3,30,31,32,33,34,35). The second kappa shape index (κ2) is 11.9. The van der Waals surface area contributed by atoms with Crippen molar-refractivity contribution in [1.29, 1.82) is 0 Å². The lowest BCUT2D eigenvalue weighted by Crippen LogP contribution is -2.49. The number of aromatic amines is 1. The van der Waals surface area contributed by atoms with Gasteiger partial charge in [-0.15, -0.1) is 0 Å². The molecule has 1 aromatic carbocycles. The molecule has 37 heavy (non-hydrogen) atoms. The summed E-state index contributed by atoms with van der Waals surface area (Å²) in [6.07, 6.45) is 4.50. The van der Waals surface area contributed by atoms with Crippen LogP contribution in [0.5, 0.6) is 0 Å². The normalized spacial score (nSPS) is 15.4. The fraction of sp³-hybridized carbons (Fsp3) is 0.481. The number of hydrogen-bond acceptors (Lipinski definition) is 7. The third kappa shape index (κ3) is 6.40. The highest BCUT2D eigenvalue weighted by atomic mass is 35.5. The van der Waals surface area contributed by atoms with Crippen molar-refractivity contribution in [3.63, 3.8) is 0 Å². The van der Waals surface area contributed by atoms with Crippen LogP contribution in [0.3, 0.4) is 0 Å². The van der Waals surface area contributed by atoms with Crippen molar-refractivity contribution in [3.05, 3.63) is 51.8 Å². The number of carbonyl (C=O) groups is 1. The summed E-state index contributed by atoms with van der Waals surface area (Å²) in [5.41, 5.74) is 5.65. The van der Waals surface area contributed by atoms with Gasteiger partial charge in [0.2, 0.25) is 11.9 Å². The van der Waals surface area contributed by atoms with Crippen LogP contribution in [0.4, 0.5) is 23.3 Å². The molecule has 3 heterocycles. The Balaban J connectivity index is 1.44. The Morgan fingerprint density at radius 2 is 1.89 bits per heavy atom. The molecule has 0 aliphatic carbocycles. The Morgan fingerprint density at radius 1 is 1.14 bits per heavy atom. The first-order valence-corrected chi connectivity index (χ1v) is 13.4. The summed E-state index contributed by atoms with van der Waals surface area (Å²) in [4.78, 5) is 23.7. The minimum atomic E-state index is -0.0360. The fourth-order valence-corrected chi connectivity index (χ4v) is 5.21. The second-order valence-corrected chi connectivity index (χ2v) is 10.1. The van der Waals surface area contributed by atoms with Crippen LogP contribution in [0.2, 0.25) is 5.02 Å². The maximum atomic E-state index is 12.5. The molecule has 9 nitrogen and oxygen atoms in total. The van der Waals surface area contributed by atoms with Gasteiger partial charge in [0.15, 0.2) is 11.6 Å². The van der Waals surface area contributed by atoms with Crippen molar-refractivity contribution < 1.29 is 4.79 Å². The molecule has 3 aromatic rings. The number of nitrogens with one attached hydrogen (secondary N) is 4. The van der Waals surface area contributed by atoms with E-state index >= 15 is 0 Å². The molecule has 1 aliphatic rings. The number of anilines is 4. The first kappa shape index (κ1) is 26.9. The van der Waals surface area contributed by atoms with E-state index in [1.165, 1.54) is 11.1 Å². The monoisotopic (exact) mass is 524 g/mol. The molecular formula is C27H37ClN8O. The van der Waals surface area contributed by atoms with Crippen LogP contribution in [0.15, 0.2) is 24.4 Å². The lowest BCUT2D eigenvalue weighted by atomic mass is 9.85.